The molecule has 90 valence electrons. The monoisotopic (exact) mass is 238 g/mol. The van der Waals surface area contributed by atoms with Crippen molar-refractivity contribution >= 4 is 0 Å². The molecule has 0 radical (unpaired) electrons. The van der Waals surface area contributed by atoms with Gasteiger partial charge in [-0.1, -0.05) is 0 Å². The molecule has 1 atom stereocenters. The zero-order valence-electron chi connectivity index (χ0n) is 9.19. The molecule has 0 spiro atoms. The van der Waals surface area contributed by atoms with Gasteiger partial charge in [-0.3, -0.25) is 5.84 Å². The molecular weight excluding hydrogens is 226 g/mol. The molecule has 1 aromatic heterocycles. The Morgan fingerprint density at radius 1 is 1.29 bits per heavy atom. The van der Waals surface area contributed by atoms with Crippen LogP contribution in [0.3, 0.4) is 0 Å². The van der Waals surface area contributed by atoms with Crippen molar-refractivity contribution in [1.82, 2.24) is 15.0 Å². The molecule has 0 saturated heterocycles. The average Bonchev–Trinajstić information content (AvgIpc) is 2.64. The van der Waals surface area contributed by atoms with Gasteiger partial charge in [0.2, 0.25) is 0 Å². The van der Waals surface area contributed by atoms with Gasteiger partial charge in [0, 0.05) is 19.3 Å². The largest absolute Gasteiger partial charge is 0.340 e. The van der Waals surface area contributed by atoms with Crippen LogP contribution >= 0.6 is 0 Å². The third-order valence-corrected chi connectivity index (χ3v) is 2.41. The number of imidazole rings is 1. The molecule has 0 aliphatic heterocycles. The second kappa shape index (κ2) is 4.60. The summed E-state index contributed by atoms with van der Waals surface area (Å²) in [6.07, 6.45) is 3.32. The molecule has 0 aliphatic rings. The Labute approximate surface area is 97.0 Å². The number of aromatic nitrogens is 2. The number of hydrogen-bond acceptors (Lipinski definition) is 3. The highest BCUT2D eigenvalue weighted by Crippen LogP contribution is 2.21. The number of benzene rings is 1. The lowest BCUT2D eigenvalue weighted by atomic mass is 10.0. The van der Waals surface area contributed by atoms with Gasteiger partial charge in [0.1, 0.15) is 11.6 Å². The minimum Gasteiger partial charge on any atom is -0.340 e. The predicted molar refractivity (Wildman–Crippen MR) is 58.7 cm³/mol. The number of rotatable bonds is 3. The number of hydrazine groups is 1. The molecule has 17 heavy (non-hydrogen) atoms. The lowest BCUT2D eigenvalue weighted by molar-refractivity contribution is 0.563. The third kappa shape index (κ3) is 2.48. The van der Waals surface area contributed by atoms with Crippen molar-refractivity contribution in [3.8, 4) is 0 Å². The summed E-state index contributed by atoms with van der Waals surface area (Å²) in [5.41, 5.74) is 3.48. The quantitative estimate of drug-likeness (QED) is 0.625. The highest BCUT2D eigenvalue weighted by molar-refractivity contribution is 5.27. The number of nitrogens with two attached hydrogens (primary N) is 1. The van der Waals surface area contributed by atoms with Gasteiger partial charge in [-0.2, -0.15) is 0 Å². The lowest BCUT2D eigenvalue weighted by Crippen LogP contribution is -2.29. The van der Waals surface area contributed by atoms with Crippen molar-refractivity contribution in [3.63, 3.8) is 0 Å². The van der Waals surface area contributed by atoms with E-state index in [9.17, 15) is 8.78 Å². The topological polar surface area (TPSA) is 55.9 Å². The van der Waals surface area contributed by atoms with E-state index in [4.69, 9.17) is 5.84 Å². The van der Waals surface area contributed by atoms with Crippen LogP contribution in [-0.2, 0) is 7.05 Å². The fourth-order valence-electron chi connectivity index (χ4n) is 1.68. The Kier molecular flexibility index (Phi) is 3.16. The molecular formula is C11H12F2N4. The van der Waals surface area contributed by atoms with Gasteiger partial charge in [-0.25, -0.2) is 19.2 Å². The minimum absolute atomic E-state index is 0.392. The van der Waals surface area contributed by atoms with E-state index in [0.717, 1.165) is 6.07 Å². The van der Waals surface area contributed by atoms with Crippen LogP contribution in [-0.4, -0.2) is 9.55 Å². The predicted octanol–water partition coefficient (Wildman–Crippen LogP) is 1.25. The first kappa shape index (κ1) is 11.7. The molecule has 0 bridgehead atoms. The van der Waals surface area contributed by atoms with Crippen LogP contribution in [0.5, 0.6) is 0 Å². The first-order chi connectivity index (χ1) is 8.10. The Morgan fingerprint density at radius 2 is 1.94 bits per heavy atom. The summed E-state index contributed by atoms with van der Waals surface area (Å²) >= 11 is 0. The zero-order valence-corrected chi connectivity index (χ0v) is 9.19. The minimum atomic E-state index is -0.642. The number of nitrogens with one attached hydrogen (secondary N) is 1. The number of hydrogen-bond donors (Lipinski definition) is 2. The number of halogens is 2. The Morgan fingerprint density at radius 3 is 2.41 bits per heavy atom. The van der Waals surface area contributed by atoms with Crippen molar-refractivity contribution < 1.29 is 8.78 Å². The van der Waals surface area contributed by atoms with Gasteiger partial charge in [-0.15, -0.1) is 0 Å². The first-order valence-corrected chi connectivity index (χ1v) is 5.00. The molecule has 3 N–H and O–H groups in total. The molecule has 6 heteroatoms. The van der Waals surface area contributed by atoms with Gasteiger partial charge in [0.15, 0.2) is 0 Å². The number of aryl methyl sites for hydroxylation is 1. The van der Waals surface area contributed by atoms with E-state index in [0.29, 0.717) is 11.3 Å². The molecule has 1 heterocycles. The zero-order chi connectivity index (χ0) is 12.4. The summed E-state index contributed by atoms with van der Waals surface area (Å²) in [6, 6.07) is 2.72. The molecule has 4 nitrogen and oxygen atoms in total. The van der Waals surface area contributed by atoms with Crippen LogP contribution in [0.1, 0.15) is 17.3 Å². The van der Waals surface area contributed by atoms with E-state index in [2.05, 4.69) is 10.4 Å². The van der Waals surface area contributed by atoms with Crippen LogP contribution in [0.25, 0.3) is 0 Å². The third-order valence-electron chi connectivity index (χ3n) is 2.41. The maximum atomic E-state index is 13.1. The van der Waals surface area contributed by atoms with E-state index in [1.807, 2.05) is 0 Å². The summed E-state index contributed by atoms with van der Waals surface area (Å²) < 4.78 is 28.0. The van der Waals surface area contributed by atoms with Crippen LogP contribution in [0.15, 0.2) is 30.7 Å². The van der Waals surface area contributed by atoms with E-state index in [1.165, 1.54) is 12.1 Å². The Balaban J connectivity index is 2.41. The normalized spacial score (nSPS) is 12.7. The van der Waals surface area contributed by atoms with E-state index >= 15 is 0 Å². The molecule has 1 unspecified atom stereocenters. The molecule has 0 fully saturated rings. The van der Waals surface area contributed by atoms with Gasteiger partial charge in [0.05, 0.1) is 18.1 Å². The maximum absolute atomic E-state index is 13.1. The Bertz CT molecular complexity index is 504. The molecule has 2 aromatic rings. The molecule has 0 aliphatic carbocycles. The van der Waals surface area contributed by atoms with E-state index < -0.39 is 17.7 Å². The second-order valence-corrected chi connectivity index (χ2v) is 3.77. The van der Waals surface area contributed by atoms with Crippen molar-refractivity contribution in [2.24, 2.45) is 12.9 Å². The van der Waals surface area contributed by atoms with E-state index in [1.54, 1.807) is 24.1 Å². The summed E-state index contributed by atoms with van der Waals surface area (Å²) in [5, 5.41) is 0. The fraction of sp³-hybridized carbons (Fsp3) is 0.182. The average molecular weight is 238 g/mol. The standard InChI is InChI=1S/C11H12F2N4/c1-17-5-10(15-6-17)11(16-14)7-2-8(12)4-9(13)3-7/h2-6,11,16H,14H2,1H3. The molecule has 1 aromatic carbocycles. The molecule has 2 rings (SSSR count). The summed E-state index contributed by atoms with van der Waals surface area (Å²) in [5.74, 6) is 4.12. The fourth-order valence-corrected chi connectivity index (χ4v) is 1.68. The van der Waals surface area contributed by atoms with Gasteiger partial charge in [-0.05, 0) is 17.7 Å². The summed E-state index contributed by atoms with van der Waals surface area (Å²) in [4.78, 5) is 4.10. The Hall–Kier alpha value is -1.79. The lowest BCUT2D eigenvalue weighted by Gasteiger charge is -2.14. The van der Waals surface area contributed by atoms with Crippen LogP contribution in [0.2, 0.25) is 0 Å². The highest BCUT2D eigenvalue weighted by atomic mass is 19.1. The van der Waals surface area contributed by atoms with E-state index in [-0.39, 0.29) is 0 Å². The van der Waals surface area contributed by atoms with Gasteiger partial charge in [0.25, 0.3) is 0 Å². The van der Waals surface area contributed by atoms with Crippen LogP contribution < -0.4 is 11.3 Å². The second-order valence-electron chi connectivity index (χ2n) is 3.77. The molecule has 0 saturated carbocycles. The number of nitrogens with zero attached hydrogens (tertiary/aromatic N) is 2. The van der Waals surface area contributed by atoms with Crippen molar-refractivity contribution in [2.45, 2.75) is 6.04 Å². The SMILES string of the molecule is Cn1cnc(C(NN)c2cc(F)cc(F)c2)c1. The summed E-state index contributed by atoms with van der Waals surface area (Å²) in [7, 11) is 1.80. The first-order valence-electron chi connectivity index (χ1n) is 5.00. The molecule has 0 amide bonds. The maximum Gasteiger partial charge on any atom is 0.126 e. The van der Waals surface area contributed by atoms with Crippen LogP contribution in [0.4, 0.5) is 8.78 Å². The van der Waals surface area contributed by atoms with Crippen molar-refractivity contribution in [2.75, 3.05) is 0 Å². The van der Waals surface area contributed by atoms with Gasteiger partial charge >= 0.3 is 0 Å². The van der Waals surface area contributed by atoms with Crippen molar-refractivity contribution in [1.29, 1.82) is 0 Å². The smallest absolute Gasteiger partial charge is 0.126 e. The summed E-state index contributed by atoms with van der Waals surface area (Å²) in [6.45, 7) is 0. The van der Waals surface area contributed by atoms with Crippen LogP contribution in [0, 0.1) is 11.6 Å². The highest BCUT2D eigenvalue weighted by Gasteiger charge is 2.16. The van der Waals surface area contributed by atoms with Gasteiger partial charge < -0.3 is 4.57 Å². The van der Waals surface area contributed by atoms with Crippen molar-refractivity contribution in [3.05, 3.63) is 53.6 Å².